The number of rotatable bonds is 6. The van der Waals surface area contributed by atoms with Crippen LogP contribution in [0.4, 0.5) is 5.69 Å². The molecule has 2 rings (SSSR count). The highest BCUT2D eigenvalue weighted by molar-refractivity contribution is 7.99. The Morgan fingerprint density at radius 1 is 1.14 bits per heavy atom. The van der Waals surface area contributed by atoms with Crippen molar-refractivity contribution >= 4 is 23.4 Å². The maximum absolute atomic E-state index is 12.0. The van der Waals surface area contributed by atoms with Crippen LogP contribution in [0.3, 0.4) is 0 Å². The van der Waals surface area contributed by atoms with E-state index in [0.29, 0.717) is 5.75 Å². The van der Waals surface area contributed by atoms with Crippen LogP contribution in [0.15, 0.2) is 48.5 Å². The lowest BCUT2D eigenvalue weighted by molar-refractivity contribution is -0.113. The molecule has 1 amide bonds. The van der Waals surface area contributed by atoms with Gasteiger partial charge in [0.25, 0.3) is 0 Å². The number of nitrogens with one attached hydrogen (secondary N) is 1. The van der Waals surface area contributed by atoms with Gasteiger partial charge in [-0.15, -0.1) is 11.8 Å². The predicted molar refractivity (Wildman–Crippen MR) is 91.8 cm³/mol. The van der Waals surface area contributed by atoms with Gasteiger partial charge in [0.05, 0.1) is 5.75 Å². The average Bonchev–Trinajstić information content (AvgIpc) is 2.49. The second-order valence-electron chi connectivity index (χ2n) is 5.02. The summed E-state index contributed by atoms with van der Waals surface area (Å²) in [7, 11) is 0. The van der Waals surface area contributed by atoms with Crippen LogP contribution in [0.2, 0.25) is 0 Å². The summed E-state index contributed by atoms with van der Waals surface area (Å²) in [6, 6.07) is 16.3. The summed E-state index contributed by atoms with van der Waals surface area (Å²) in [5.41, 5.74) is 4.69. The molecule has 0 unspecified atom stereocenters. The Morgan fingerprint density at radius 2 is 1.95 bits per heavy atom. The quantitative estimate of drug-likeness (QED) is 0.855. The number of benzene rings is 2. The standard InChI is InChI=1S/C18H21NOS/c1-3-15-8-6-10-17(11-15)19-18(20)13-21-12-16-9-5-4-7-14(16)2/h4-11H,3,12-13H2,1-2H3,(H,19,20). The van der Waals surface area contributed by atoms with Gasteiger partial charge in [-0.05, 0) is 42.2 Å². The minimum absolute atomic E-state index is 0.0573. The van der Waals surface area contributed by atoms with E-state index in [1.165, 1.54) is 16.7 Å². The van der Waals surface area contributed by atoms with Gasteiger partial charge in [-0.25, -0.2) is 0 Å². The lowest BCUT2D eigenvalue weighted by atomic mass is 10.1. The van der Waals surface area contributed by atoms with E-state index in [1.807, 2.05) is 30.3 Å². The van der Waals surface area contributed by atoms with Crippen molar-refractivity contribution in [3.05, 3.63) is 65.2 Å². The highest BCUT2D eigenvalue weighted by Crippen LogP contribution is 2.17. The third kappa shape index (κ3) is 4.94. The summed E-state index contributed by atoms with van der Waals surface area (Å²) in [5.74, 6) is 1.40. The number of carbonyl (C=O) groups excluding carboxylic acids is 1. The first kappa shape index (κ1) is 15.6. The molecule has 0 aromatic heterocycles. The molecule has 0 heterocycles. The maximum atomic E-state index is 12.0. The fourth-order valence-corrected chi connectivity index (χ4v) is 3.00. The highest BCUT2D eigenvalue weighted by atomic mass is 32.2. The van der Waals surface area contributed by atoms with E-state index in [-0.39, 0.29) is 5.91 Å². The Balaban J connectivity index is 1.81. The van der Waals surface area contributed by atoms with Gasteiger partial charge in [0.2, 0.25) is 5.91 Å². The lowest BCUT2D eigenvalue weighted by Gasteiger charge is -2.07. The molecule has 0 aliphatic heterocycles. The van der Waals surface area contributed by atoms with E-state index in [2.05, 4.69) is 37.4 Å². The van der Waals surface area contributed by atoms with Crippen LogP contribution in [0.25, 0.3) is 0 Å². The number of carbonyl (C=O) groups is 1. The number of thioether (sulfide) groups is 1. The number of amides is 1. The summed E-state index contributed by atoms with van der Waals surface area (Å²) >= 11 is 1.65. The van der Waals surface area contributed by atoms with Crippen LogP contribution in [0.1, 0.15) is 23.6 Å². The molecule has 110 valence electrons. The zero-order valence-electron chi connectivity index (χ0n) is 12.6. The molecule has 0 atom stereocenters. The fourth-order valence-electron chi connectivity index (χ4n) is 2.09. The lowest BCUT2D eigenvalue weighted by Crippen LogP contribution is -2.14. The van der Waals surface area contributed by atoms with Crippen molar-refractivity contribution in [2.24, 2.45) is 0 Å². The van der Waals surface area contributed by atoms with E-state index in [4.69, 9.17) is 0 Å². The van der Waals surface area contributed by atoms with Gasteiger partial charge in [0.15, 0.2) is 0 Å². The normalized spacial score (nSPS) is 10.4. The summed E-state index contributed by atoms with van der Waals surface area (Å²) in [6.45, 7) is 4.21. The third-order valence-corrected chi connectivity index (χ3v) is 4.35. The van der Waals surface area contributed by atoms with Gasteiger partial charge in [0.1, 0.15) is 0 Å². The topological polar surface area (TPSA) is 29.1 Å². The van der Waals surface area contributed by atoms with Crippen LogP contribution in [-0.2, 0) is 17.0 Å². The molecule has 2 aromatic rings. The molecular formula is C18H21NOS. The molecular weight excluding hydrogens is 278 g/mol. The summed E-state index contributed by atoms with van der Waals surface area (Å²) in [6.07, 6.45) is 0.978. The molecule has 1 N–H and O–H groups in total. The van der Waals surface area contributed by atoms with Crippen molar-refractivity contribution in [2.75, 3.05) is 11.1 Å². The molecule has 0 bridgehead atoms. The van der Waals surface area contributed by atoms with Crippen molar-refractivity contribution < 1.29 is 4.79 Å². The Bertz CT molecular complexity index is 610. The van der Waals surface area contributed by atoms with Crippen LogP contribution in [0, 0.1) is 6.92 Å². The first-order chi connectivity index (χ1) is 10.2. The summed E-state index contributed by atoms with van der Waals surface area (Å²) in [5, 5.41) is 2.96. The second kappa shape index (κ2) is 7.89. The van der Waals surface area contributed by atoms with Gasteiger partial charge in [-0.1, -0.05) is 43.3 Å². The monoisotopic (exact) mass is 299 g/mol. The number of hydrogen-bond donors (Lipinski definition) is 1. The van der Waals surface area contributed by atoms with Crippen molar-refractivity contribution in [2.45, 2.75) is 26.0 Å². The van der Waals surface area contributed by atoms with Crippen LogP contribution in [-0.4, -0.2) is 11.7 Å². The van der Waals surface area contributed by atoms with Crippen LogP contribution >= 0.6 is 11.8 Å². The number of aryl methyl sites for hydroxylation is 2. The van der Waals surface area contributed by atoms with Gasteiger partial charge in [-0.2, -0.15) is 0 Å². The van der Waals surface area contributed by atoms with Gasteiger partial charge >= 0.3 is 0 Å². The van der Waals surface area contributed by atoms with Gasteiger partial charge in [-0.3, -0.25) is 4.79 Å². The SMILES string of the molecule is CCc1cccc(NC(=O)CSCc2ccccc2C)c1. The number of hydrogen-bond acceptors (Lipinski definition) is 2. The van der Waals surface area contributed by atoms with Gasteiger partial charge in [0, 0.05) is 11.4 Å². The molecule has 0 radical (unpaired) electrons. The molecule has 0 aliphatic rings. The van der Waals surface area contributed by atoms with E-state index in [1.54, 1.807) is 11.8 Å². The molecule has 3 heteroatoms. The number of anilines is 1. The van der Waals surface area contributed by atoms with Crippen molar-refractivity contribution in [3.63, 3.8) is 0 Å². The van der Waals surface area contributed by atoms with Crippen LogP contribution in [0.5, 0.6) is 0 Å². The van der Waals surface area contributed by atoms with E-state index in [0.717, 1.165) is 17.9 Å². The molecule has 0 saturated heterocycles. The average molecular weight is 299 g/mol. The Hall–Kier alpha value is -1.74. The van der Waals surface area contributed by atoms with Gasteiger partial charge < -0.3 is 5.32 Å². The molecule has 2 nitrogen and oxygen atoms in total. The molecule has 21 heavy (non-hydrogen) atoms. The van der Waals surface area contributed by atoms with E-state index < -0.39 is 0 Å². The van der Waals surface area contributed by atoms with E-state index >= 15 is 0 Å². The molecule has 0 saturated carbocycles. The first-order valence-corrected chi connectivity index (χ1v) is 8.35. The first-order valence-electron chi connectivity index (χ1n) is 7.20. The smallest absolute Gasteiger partial charge is 0.234 e. The molecule has 0 aliphatic carbocycles. The highest BCUT2D eigenvalue weighted by Gasteiger charge is 2.04. The molecule has 2 aromatic carbocycles. The largest absolute Gasteiger partial charge is 0.325 e. The Morgan fingerprint density at radius 3 is 2.71 bits per heavy atom. The molecule has 0 spiro atoms. The minimum atomic E-state index is 0.0573. The zero-order valence-corrected chi connectivity index (χ0v) is 13.4. The summed E-state index contributed by atoms with van der Waals surface area (Å²) in [4.78, 5) is 12.0. The second-order valence-corrected chi connectivity index (χ2v) is 6.01. The maximum Gasteiger partial charge on any atom is 0.234 e. The Labute approximate surface area is 131 Å². The fraction of sp³-hybridized carbons (Fsp3) is 0.278. The minimum Gasteiger partial charge on any atom is -0.325 e. The van der Waals surface area contributed by atoms with Crippen LogP contribution < -0.4 is 5.32 Å². The Kier molecular flexibility index (Phi) is 5.88. The van der Waals surface area contributed by atoms with E-state index in [9.17, 15) is 4.79 Å². The van der Waals surface area contributed by atoms with Crippen molar-refractivity contribution in [3.8, 4) is 0 Å². The third-order valence-electron chi connectivity index (χ3n) is 3.37. The molecule has 0 fully saturated rings. The zero-order chi connectivity index (χ0) is 15.1. The summed E-state index contributed by atoms with van der Waals surface area (Å²) < 4.78 is 0. The van der Waals surface area contributed by atoms with Crippen molar-refractivity contribution in [1.29, 1.82) is 0 Å². The predicted octanol–water partition coefficient (Wildman–Crippen LogP) is 4.43. The van der Waals surface area contributed by atoms with Crippen molar-refractivity contribution in [1.82, 2.24) is 0 Å².